The largest absolute Gasteiger partial charge is 0.381 e. The third-order valence-electron chi connectivity index (χ3n) is 3.12. The molecule has 0 aromatic heterocycles. The van der Waals surface area contributed by atoms with Crippen LogP contribution in [0.4, 0.5) is 0 Å². The summed E-state index contributed by atoms with van der Waals surface area (Å²) in [6.07, 6.45) is 2.64. The molecule has 3 unspecified atom stereocenters. The van der Waals surface area contributed by atoms with E-state index in [1.165, 1.54) is 12.8 Å². The van der Waals surface area contributed by atoms with Gasteiger partial charge in [0.25, 0.3) is 0 Å². The van der Waals surface area contributed by atoms with Crippen molar-refractivity contribution >= 4 is 0 Å². The molecule has 0 spiro atoms. The van der Waals surface area contributed by atoms with Crippen LogP contribution in [-0.4, -0.2) is 13.2 Å². The average molecular weight is 186 g/mol. The molecule has 0 bridgehead atoms. The van der Waals surface area contributed by atoms with Crippen LogP contribution in [-0.2, 0) is 4.74 Å². The Morgan fingerprint density at radius 2 is 1.62 bits per heavy atom. The van der Waals surface area contributed by atoms with Crippen molar-refractivity contribution in [1.82, 2.24) is 0 Å². The van der Waals surface area contributed by atoms with Crippen molar-refractivity contribution in [3.05, 3.63) is 0 Å². The van der Waals surface area contributed by atoms with Crippen LogP contribution in [0.5, 0.6) is 0 Å². The Labute approximate surface area is 83.9 Å². The molecule has 0 aromatic carbocycles. The summed E-state index contributed by atoms with van der Waals surface area (Å²) in [6.45, 7) is 13.1. The van der Waals surface area contributed by atoms with Crippen LogP contribution in [0.2, 0.25) is 0 Å². The SMILES string of the molecule is CCCC(C)C(C)C(C)COCC. The van der Waals surface area contributed by atoms with Crippen molar-refractivity contribution < 1.29 is 4.74 Å². The predicted octanol–water partition coefficient (Wildman–Crippen LogP) is 3.73. The van der Waals surface area contributed by atoms with E-state index in [9.17, 15) is 0 Å². The van der Waals surface area contributed by atoms with Gasteiger partial charge in [-0.3, -0.25) is 0 Å². The van der Waals surface area contributed by atoms with E-state index < -0.39 is 0 Å². The highest BCUT2D eigenvalue weighted by atomic mass is 16.5. The molecule has 3 atom stereocenters. The van der Waals surface area contributed by atoms with Crippen LogP contribution in [0.15, 0.2) is 0 Å². The normalized spacial score (nSPS) is 18.2. The van der Waals surface area contributed by atoms with Crippen LogP contribution in [0.3, 0.4) is 0 Å². The highest BCUT2D eigenvalue weighted by molar-refractivity contribution is 4.67. The Bertz CT molecular complexity index is 112. The first-order valence-electron chi connectivity index (χ1n) is 5.71. The number of rotatable bonds is 7. The van der Waals surface area contributed by atoms with Gasteiger partial charge in [-0.15, -0.1) is 0 Å². The molecule has 80 valence electrons. The first kappa shape index (κ1) is 13.0. The highest BCUT2D eigenvalue weighted by Gasteiger charge is 2.18. The van der Waals surface area contributed by atoms with Crippen molar-refractivity contribution in [2.24, 2.45) is 17.8 Å². The standard InChI is InChI=1S/C12H26O/c1-6-8-10(3)12(5)11(4)9-13-7-2/h10-12H,6-9H2,1-5H3. The lowest BCUT2D eigenvalue weighted by molar-refractivity contribution is 0.0826. The first-order valence-corrected chi connectivity index (χ1v) is 5.71. The number of hydrogen-bond donors (Lipinski definition) is 0. The summed E-state index contributed by atoms with van der Waals surface area (Å²) in [6, 6.07) is 0. The van der Waals surface area contributed by atoms with Gasteiger partial charge in [0.1, 0.15) is 0 Å². The second-order valence-corrected chi connectivity index (χ2v) is 4.26. The fraction of sp³-hybridized carbons (Fsp3) is 1.00. The lowest BCUT2D eigenvalue weighted by Crippen LogP contribution is -2.20. The lowest BCUT2D eigenvalue weighted by atomic mass is 9.83. The van der Waals surface area contributed by atoms with E-state index in [0.717, 1.165) is 25.0 Å². The zero-order valence-electron chi connectivity index (χ0n) is 9.97. The van der Waals surface area contributed by atoms with E-state index in [-0.39, 0.29) is 0 Å². The zero-order valence-corrected chi connectivity index (χ0v) is 9.97. The van der Waals surface area contributed by atoms with Gasteiger partial charge in [-0.1, -0.05) is 40.5 Å². The fourth-order valence-corrected chi connectivity index (χ4v) is 1.73. The topological polar surface area (TPSA) is 9.23 Å². The Hall–Kier alpha value is -0.0400. The molecular weight excluding hydrogens is 160 g/mol. The molecule has 0 N–H and O–H groups in total. The second-order valence-electron chi connectivity index (χ2n) is 4.26. The Balaban J connectivity index is 3.71. The molecule has 0 aliphatic carbocycles. The van der Waals surface area contributed by atoms with Crippen LogP contribution in [0.25, 0.3) is 0 Å². The minimum Gasteiger partial charge on any atom is -0.381 e. The van der Waals surface area contributed by atoms with Crippen LogP contribution < -0.4 is 0 Å². The summed E-state index contributed by atoms with van der Waals surface area (Å²) >= 11 is 0. The molecule has 0 saturated carbocycles. The first-order chi connectivity index (χ1) is 6.13. The Morgan fingerprint density at radius 1 is 1.00 bits per heavy atom. The maximum atomic E-state index is 5.44. The smallest absolute Gasteiger partial charge is 0.0494 e. The van der Waals surface area contributed by atoms with E-state index in [4.69, 9.17) is 4.74 Å². The highest BCUT2D eigenvalue weighted by Crippen LogP contribution is 2.24. The third kappa shape index (κ3) is 5.30. The maximum absolute atomic E-state index is 5.44. The molecule has 13 heavy (non-hydrogen) atoms. The molecule has 0 amide bonds. The maximum Gasteiger partial charge on any atom is 0.0494 e. The van der Waals surface area contributed by atoms with E-state index >= 15 is 0 Å². The molecule has 0 radical (unpaired) electrons. The molecule has 0 rings (SSSR count). The summed E-state index contributed by atoms with van der Waals surface area (Å²) < 4.78 is 5.44. The van der Waals surface area contributed by atoms with E-state index in [1.54, 1.807) is 0 Å². The molecule has 0 heterocycles. The van der Waals surface area contributed by atoms with Gasteiger partial charge in [-0.25, -0.2) is 0 Å². The van der Waals surface area contributed by atoms with Gasteiger partial charge in [-0.2, -0.15) is 0 Å². The Kier molecular flexibility index (Phi) is 7.35. The molecule has 0 saturated heterocycles. The molecule has 0 fully saturated rings. The minimum atomic E-state index is 0.696. The summed E-state index contributed by atoms with van der Waals surface area (Å²) in [5.41, 5.74) is 0. The van der Waals surface area contributed by atoms with Gasteiger partial charge >= 0.3 is 0 Å². The number of hydrogen-bond acceptors (Lipinski definition) is 1. The third-order valence-corrected chi connectivity index (χ3v) is 3.12. The molecular formula is C12H26O. The van der Waals surface area contributed by atoms with Crippen molar-refractivity contribution in [3.8, 4) is 0 Å². The second kappa shape index (κ2) is 7.37. The van der Waals surface area contributed by atoms with E-state index in [1.807, 2.05) is 0 Å². The summed E-state index contributed by atoms with van der Waals surface area (Å²) in [5, 5.41) is 0. The molecule has 0 aliphatic heterocycles. The van der Waals surface area contributed by atoms with Gasteiger partial charge in [0.15, 0.2) is 0 Å². The quantitative estimate of drug-likeness (QED) is 0.588. The Morgan fingerprint density at radius 3 is 2.08 bits per heavy atom. The number of ether oxygens (including phenoxy) is 1. The molecule has 1 nitrogen and oxygen atoms in total. The van der Waals surface area contributed by atoms with Crippen molar-refractivity contribution in [1.29, 1.82) is 0 Å². The van der Waals surface area contributed by atoms with Crippen LogP contribution in [0.1, 0.15) is 47.5 Å². The molecule has 0 aromatic rings. The molecule has 1 heteroatoms. The summed E-state index contributed by atoms with van der Waals surface area (Å²) in [7, 11) is 0. The van der Waals surface area contributed by atoms with Gasteiger partial charge in [0, 0.05) is 13.2 Å². The van der Waals surface area contributed by atoms with Crippen molar-refractivity contribution in [2.75, 3.05) is 13.2 Å². The average Bonchev–Trinajstić information content (AvgIpc) is 2.13. The van der Waals surface area contributed by atoms with E-state index in [0.29, 0.717) is 5.92 Å². The van der Waals surface area contributed by atoms with Gasteiger partial charge in [0.2, 0.25) is 0 Å². The minimum absolute atomic E-state index is 0.696. The van der Waals surface area contributed by atoms with Gasteiger partial charge in [0.05, 0.1) is 0 Å². The lowest BCUT2D eigenvalue weighted by Gasteiger charge is -2.25. The summed E-state index contributed by atoms with van der Waals surface area (Å²) in [5.74, 6) is 2.31. The van der Waals surface area contributed by atoms with Crippen LogP contribution >= 0.6 is 0 Å². The van der Waals surface area contributed by atoms with E-state index in [2.05, 4.69) is 34.6 Å². The summed E-state index contributed by atoms with van der Waals surface area (Å²) in [4.78, 5) is 0. The zero-order chi connectivity index (χ0) is 10.3. The fourth-order valence-electron chi connectivity index (χ4n) is 1.73. The van der Waals surface area contributed by atoms with Crippen molar-refractivity contribution in [3.63, 3.8) is 0 Å². The van der Waals surface area contributed by atoms with Gasteiger partial charge < -0.3 is 4.74 Å². The monoisotopic (exact) mass is 186 g/mol. The van der Waals surface area contributed by atoms with Crippen LogP contribution in [0, 0.1) is 17.8 Å². The van der Waals surface area contributed by atoms with Crippen molar-refractivity contribution in [2.45, 2.75) is 47.5 Å². The predicted molar refractivity (Wildman–Crippen MR) is 58.9 cm³/mol. The van der Waals surface area contributed by atoms with Gasteiger partial charge in [-0.05, 0) is 24.7 Å². The molecule has 0 aliphatic rings.